The average molecular weight is 388 g/mol. The van der Waals surface area contributed by atoms with Crippen LogP contribution in [0.25, 0.3) is 0 Å². The largest absolute Gasteiger partial charge is 0.463 e. The van der Waals surface area contributed by atoms with Crippen molar-refractivity contribution in [3.63, 3.8) is 0 Å². The van der Waals surface area contributed by atoms with Crippen molar-refractivity contribution in [3.05, 3.63) is 53.1 Å². The lowest BCUT2D eigenvalue weighted by molar-refractivity contribution is -0.141. The first-order valence-corrected chi connectivity index (χ1v) is 9.12. The Morgan fingerprint density at radius 1 is 1.19 bits per heavy atom. The Labute approximate surface area is 161 Å². The number of carbonyl (C=O) groups excluding carboxylic acids is 3. The number of hydrogen-bond donors (Lipinski definition) is 0. The third-order valence-electron chi connectivity index (χ3n) is 3.31. The molecule has 0 aliphatic heterocycles. The molecule has 0 spiro atoms. The second-order valence-electron chi connectivity index (χ2n) is 5.51. The zero-order valence-corrected chi connectivity index (χ0v) is 16.1. The minimum atomic E-state index is -0.681. The smallest absolute Gasteiger partial charge is 0.331 e. The van der Waals surface area contributed by atoms with Crippen LogP contribution in [-0.2, 0) is 30.5 Å². The highest BCUT2D eigenvalue weighted by Crippen LogP contribution is 2.29. The van der Waals surface area contributed by atoms with E-state index >= 15 is 0 Å². The van der Waals surface area contributed by atoms with Gasteiger partial charge in [0.05, 0.1) is 18.0 Å². The molecule has 0 unspecified atom stereocenters. The Bertz CT molecular complexity index is 859. The standard InChI is InChI=1S/C19H20N2O5S/c1-4-25-17(23)8-9-18(24)26-11-15-12-27-19(20-15)21(14(3)22)16-7-5-6-13(2)10-16/h5-10,12H,4,11H2,1-3H3/b9-8+. The molecule has 0 atom stereocenters. The normalized spacial score (nSPS) is 10.6. The van der Waals surface area contributed by atoms with E-state index in [0.717, 1.165) is 23.4 Å². The van der Waals surface area contributed by atoms with E-state index in [1.54, 1.807) is 12.3 Å². The fourth-order valence-corrected chi connectivity index (χ4v) is 3.05. The molecule has 27 heavy (non-hydrogen) atoms. The molecule has 1 heterocycles. The molecule has 0 saturated heterocycles. The number of anilines is 2. The fraction of sp³-hybridized carbons (Fsp3) is 0.263. The Morgan fingerprint density at radius 3 is 2.52 bits per heavy atom. The topological polar surface area (TPSA) is 85.8 Å². The predicted octanol–water partition coefficient (Wildman–Crippen LogP) is 3.30. The Morgan fingerprint density at radius 2 is 1.89 bits per heavy atom. The highest BCUT2D eigenvalue weighted by Gasteiger charge is 2.18. The molecule has 0 fully saturated rings. The Hall–Kier alpha value is -3.00. The fourth-order valence-electron chi connectivity index (χ4n) is 2.18. The average Bonchev–Trinajstić information content (AvgIpc) is 3.07. The number of nitrogens with zero attached hydrogens (tertiary/aromatic N) is 2. The van der Waals surface area contributed by atoms with E-state index in [9.17, 15) is 14.4 Å². The van der Waals surface area contributed by atoms with Crippen LogP contribution in [0.4, 0.5) is 10.8 Å². The zero-order valence-electron chi connectivity index (χ0n) is 15.3. The van der Waals surface area contributed by atoms with Crippen LogP contribution < -0.4 is 4.90 Å². The quantitative estimate of drug-likeness (QED) is 0.534. The third-order valence-corrected chi connectivity index (χ3v) is 4.18. The van der Waals surface area contributed by atoms with Crippen molar-refractivity contribution in [2.24, 2.45) is 0 Å². The predicted molar refractivity (Wildman–Crippen MR) is 102 cm³/mol. The van der Waals surface area contributed by atoms with Gasteiger partial charge in [-0.2, -0.15) is 0 Å². The number of hydrogen-bond acceptors (Lipinski definition) is 7. The van der Waals surface area contributed by atoms with Crippen LogP contribution >= 0.6 is 11.3 Å². The second kappa shape index (κ2) is 9.63. The van der Waals surface area contributed by atoms with E-state index in [-0.39, 0.29) is 19.1 Å². The molecule has 1 amide bonds. The van der Waals surface area contributed by atoms with Crippen LogP contribution in [0.2, 0.25) is 0 Å². The van der Waals surface area contributed by atoms with E-state index in [2.05, 4.69) is 9.72 Å². The Balaban J connectivity index is 2.03. The van der Waals surface area contributed by atoms with Crippen LogP contribution in [0.1, 0.15) is 25.1 Å². The van der Waals surface area contributed by atoms with Gasteiger partial charge in [-0.25, -0.2) is 14.6 Å². The van der Waals surface area contributed by atoms with Gasteiger partial charge in [0.2, 0.25) is 5.91 Å². The lowest BCUT2D eigenvalue weighted by atomic mass is 10.2. The van der Waals surface area contributed by atoms with Crippen molar-refractivity contribution in [2.75, 3.05) is 11.5 Å². The van der Waals surface area contributed by atoms with Crippen molar-refractivity contribution in [2.45, 2.75) is 27.4 Å². The molecular formula is C19H20N2O5S. The van der Waals surface area contributed by atoms with Gasteiger partial charge in [0.15, 0.2) is 5.13 Å². The highest BCUT2D eigenvalue weighted by atomic mass is 32.1. The van der Waals surface area contributed by atoms with Gasteiger partial charge in [0.1, 0.15) is 6.61 Å². The molecule has 8 heteroatoms. The van der Waals surface area contributed by atoms with Gasteiger partial charge in [-0.05, 0) is 31.5 Å². The number of aromatic nitrogens is 1. The molecule has 1 aromatic heterocycles. The summed E-state index contributed by atoms with van der Waals surface area (Å²) in [4.78, 5) is 40.7. The van der Waals surface area contributed by atoms with Gasteiger partial charge in [-0.15, -0.1) is 11.3 Å². The van der Waals surface area contributed by atoms with Crippen LogP contribution in [0, 0.1) is 6.92 Å². The van der Waals surface area contributed by atoms with Gasteiger partial charge in [0, 0.05) is 24.5 Å². The van der Waals surface area contributed by atoms with Gasteiger partial charge in [-0.3, -0.25) is 9.69 Å². The minimum absolute atomic E-state index is 0.0674. The number of carbonyl (C=O) groups is 3. The lowest BCUT2D eigenvalue weighted by Gasteiger charge is -2.18. The minimum Gasteiger partial charge on any atom is -0.463 e. The van der Waals surface area contributed by atoms with E-state index in [1.165, 1.54) is 23.2 Å². The number of aryl methyl sites for hydroxylation is 1. The highest BCUT2D eigenvalue weighted by molar-refractivity contribution is 7.14. The summed E-state index contributed by atoms with van der Waals surface area (Å²) in [6.07, 6.45) is 2.01. The molecule has 0 saturated carbocycles. The monoisotopic (exact) mass is 388 g/mol. The van der Waals surface area contributed by atoms with Crippen molar-refractivity contribution in [1.29, 1.82) is 0 Å². The maximum atomic E-state index is 12.1. The lowest BCUT2D eigenvalue weighted by Crippen LogP contribution is -2.22. The molecule has 1 aromatic carbocycles. The number of amides is 1. The zero-order chi connectivity index (χ0) is 19.8. The third kappa shape index (κ3) is 6.03. The summed E-state index contributed by atoms with van der Waals surface area (Å²) < 4.78 is 9.72. The Kier molecular flexibility index (Phi) is 7.25. The van der Waals surface area contributed by atoms with Gasteiger partial charge in [-0.1, -0.05) is 12.1 Å². The maximum absolute atomic E-state index is 12.1. The molecule has 0 aliphatic carbocycles. The summed E-state index contributed by atoms with van der Waals surface area (Å²) in [6, 6.07) is 7.53. The van der Waals surface area contributed by atoms with Crippen LogP contribution in [0.5, 0.6) is 0 Å². The first kappa shape index (κ1) is 20.3. The number of thiazole rings is 1. The van der Waals surface area contributed by atoms with Crippen molar-refractivity contribution in [1.82, 2.24) is 4.98 Å². The van der Waals surface area contributed by atoms with Crippen LogP contribution in [0.15, 0.2) is 41.8 Å². The molecule has 0 radical (unpaired) electrons. The summed E-state index contributed by atoms with van der Waals surface area (Å²) in [6.45, 7) is 5.24. The number of esters is 2. The number of rotatable bonds is 7. The van der Waals surface area contributed by atoms with Gasteiger partial charge < -0.3 is 9.47 Å². The second-order valence-corrected chi connectivity index (χ2v) is 6.34. The van der Waals surface area contributed by atoms with Crippen LogP contribution in [-0.4, -0.2) is 29.4 Å². The van der Waals surface area contributed by atoms with Gasteiger partial charge in [0.25, 0.3) is 0 Å². The van der Waals surface area contributed by atoms with Crippen molar-refractivity contribution < 1.29 is 23.9 Å². The molecule has 0 bridgehead atoms. The van der Waals surface area contributed by atoms with E-state index in [4.69, 9.17) is 4.74 Å². The molecule has 7 nitrogen and oxygen atoms in total. The first-order valence-electron chi connectivity index (χ1n) is 8.24. The van der Waals surface area contributed by atoms with Crippen molar-refractivity contribution in [3.8, 4) is 0 Å². The molecule has 142 valence electrons. The molecule has 0 aliphatic rings. The summed E-state index contributed by atoms with van der Waals surface area (Å²) in [5, 5.41) is 2.20. The molecule has 2 rings (SSSR count). The maximum Gasteiger partial charge on any atom is 0.331 e. The summed E-state index contributed by atoms with van der Waals surface area (Å²) in [5.74, 6) is -1.46. The van der Waals surface area contributed by atoms with E-state index in [0.29, 0.717) is 10.8 Å². The van der Waals surface area contributed by atoms with E-state index < -0.39 is 11.9 Å². The van der Waals surface area contributed by atoms with Crippen molar-refractivity contribution >= 4 is 40.0 Å². The summed E-state index contributed by atoms with van der Waals surface area (Å²) in [5.41, 5.74) is 2.25. The van der Waals surface area contributed by atoms with Crippen LogP contribution in [0.3, 0.4) is 0 Å². The van der Waals surface area contributed by atoms with E-state index in [1.807, 2.05) is 31.2 Å². The molecule has 2 aromatic rings. The molecule has 0 N–H and O–H groups in total. The number of benzene rings is 1. The van der Waals surface area contributed by atoms with Gasteiger partial charge >= 0.3 is 11.9 Å². The summed E-state index contributed by atoms with van der Waals surface area (Å²) in [7, 11) is 0. The summed E-state index contributed by atoms with van der Waals surface area (Å²) >= 11 is 1.27. The first-order chi connectivity index (χ1) is 12.9. The number of ether oxygens (including phenoxy) is 2. The molecular weight excluding hydrogens is 368 g/mol. The SMILES string of the molecule is CCOC(=O)/C=C/C(=O)OCc1csc(N(C(C)=O)c2cccc(C)c2)n1.